The Labute approximate surface area is 301 Å². The molecule has 0 aromatic heterocycles. The molecule has 2 aromatic rings. The lowest BCUT2D eigenvalue weighted by Crippen LogP contribution is -2.44. The van der Waals surface area contributed by atoms with Crippen LogP contribution in [0.15, 0.2) is 65.8 Å². The summed E-state index contributed by atoms with van der Waals surface area (Å²) in [6, 6.07) is 14.2. The van der Waals surface area contributed by atoms with E-state index < -0.39 is 0 Å². The summed E-state index contributed by atoms with van der Waals surface area (Å²) in [6.45, 7) is 14.3. The van der Waals surface area contributed by atoms with Crippen molar-refractivity contribution in [3.05, 3.63) is 93.6 Å². The highest BCUT2D eigenvalue weighted by Crippen LogP contribution is 2.42. The first kappa shape index (κ1) is 36.7. The van der Waals surface area contributed by atoms with Crippen LogP contribution in [0.2, 0.25) is 0 Å². The van der Waals surface area contributed by atoms with Crippen LogP contribution in [0.1, 0.15) is 41.7 Å². The maximum absolute atomic E-state index is 12.5. The molecule has 8 heteroatoms. The third-order valence-electron chi connectivity index (χ3n) is 9.18. The van der Waals surface area contributed by atoms with Gasteiger partial charge in [0.2, 0.25) is 0 Å². The summed E-state index contributed by atoms with van der Waals surface area (Å²) in [5.41, 5.74) is 11.5. The zero-order valence-electron chi connectivity index (χ0n) is 28.9. The van der Waals surface area contributed by atoms with Gasteiger partial charge in [-0.2, -0.15) is 47.0 Å². The molecular formula is C39H53N3OS4. The van der Waals surface area contributed by atoms with Gasteiger partial charge in [0.15, 0.2) is 5.78 Å². The van der Waals surface area contributed by atoms with Crippen molar-refractivity contribution in [1.82, 2.24) is 9.80 Å². The Morgan fingerprint density at radius 2 is 1.43 bits per heavy atom. The molecule has 0 atom stereocenters. The van der Waals surface area contributed by atoms with Crippen LogP contribution in [0.5, 0.6) is 0 Å². The summed E-state index contributed by atoms with van der Waals surface area (Å²) in [5, 5.41) is 0. The van der Waals surface area contributed by atoms with Crippen LogP contribution < -0.4 is 4.90 Å². The van der Waals surface area contributed by atoms with Gasteiger partial charge in [-0.15, -0.1) is 0 Å². The van der Waals surface area contributed by atoms with Gasteiger partial charge in [0.1, 0.15) is 0 Å². The van der Waals surface area contributed by atoms with Crippen molar-refractivity contribution in [2.24, 2.45) is 0 Å². The number of ketones is 1. The molecule has 0 spiro atoms. The number of hydrogen-bond acceptors (Lipinski definition) is 8. The Hall–Kier alpha value is -1.55. The molecule has 254 valence electrons. The minimum atomic E-state index is 0.0958. The number of allylic oxidation sites excluding steroid dienone is 5. The van der Waals surface area contributed by atoms with Crippen molar-refractivity contribution in [1.29, 1.82) is 0 Å². The molecule has 0 radical (unpaired) electrons. The van der Waals surface area contributed by atoms with Gasteiger partial charge in [-0.1, -0.05) is 44.2 Å². The number of piperazine rings is 1. The molecule has 0 N–H and O–H groups in total. The molecule has 5 rings (SSSR count). The average Bonchev–Trinajstić information content (AvgIpc) is 3.07. The SMILES string of the molecule is CCSCCSCCN(CCSCCSCC)Cc1ccc(C2=C3C=CC(=O)C=C3Cc3cc(N4CCN(C)CC4)ccc32)c(C)c1. The standard InChI is InChI=1S/C39H53N3OS4/c1-5-44-21-23-46-19-17-41(18-20-47-24-22-45-6-2)29-31-7-10-36(30(3)25-31)39-37-11-8-34(42-15-13-40(4)14-16-42)27-32(37)26-33-28-35(43)9-12-38(33)39/h7-12,25,27-28H,5-6,13-24,26,29H2,1-4H3. The number of fused-ring (bicyclic) bond motifs is 2. The van der Waals surface area contributed by atoms with Crippen LogP contribution in [0, 0.1) is 6.92 Å². The van der Waals surface area contributed by atoms with Crippen molar-refractivity contribution in [3.63, 3.8) is 0 Å². The lowest BCUT2D eigenvalue weighted by Gasteiger charge is -2.35. The highest BCUT2D eigenvalue weighted by Gasteiger charge is 2.27. The van der Waals surface area contributed by atoms with E-state index in [2.05, 4.69) is 109 Å². The highest BCUT2D eigenvalue weighted by atomic mass is 32.2. The van der Waals surface area contributed by atoms with Gasteiger partial charge in [-0.25, -0.2) is 0 Å². The molecule has 1 saturated heterocycles. The molecule has 0 saturated carbocycles. The van der Waals surface area contributed by atoms with Crippen molar-refractivity contribution < 1.29 is 4.79 Å². The van der Waals surface area contributed by atoms with E-state index in [0.717, 1.165) is 57.8 Å². The van der Waals surface area contributed by atoms with Crippen LogP contribution in [0.3, 0.4) is 0 Å². The Balaban J connectivity index is 1.35. The Bertz CT molecular complexity index is 1430. The zero-order chi connectivity index (χ0) is 33.0. The summed E-state index contributed by atoms with van der Waals surface area (Å²) < 4.78 is 0. The second kappa shape index (κ2) is 19.0. The molecule has 0 amide bonds. The number of nitrogens with zero attached hydrogens (tertiary/aromatic N) is 3. The Morgan fingerprint density at radius 1 is 0.766 bits per heavy atom. The molecule has 2 aromatic carbocycles. The first-order valence-electron chi connectivity index (χ1n) is 17.3. The number of aryl methyl sites for hydroxylation is 1. The van der Waals surface area contributed by atoms with Gasteiger partial charge in [-0.3, -0.25) is 9.69 Å². The maximum atomic E-state index is 12.5. The van der Waals surface area contributed by atoms with Gasteiger partial charge >= 0.3 is 0 Å². The van der Waals surface area contributed by atoms with Crippen LogP contribution in [-0.4, -0.2) is 108 Å². The smallest absolute Gasteiger partial charge is 0.178 e. The van der Waals surface area contributed by atoms with Crippen LogP contribution >= 0.6 is 47.0 Å². The first-order chi connectivity index (χ1) is 23.0. The number of carbonyl (C=O) groups is 1. The number of anilines is 1. The van der Waals surface area contributed by atoms with E-state index in [9.17, 15) is 4.79 Å². The van der Waals surface area contributed by atoms with E-state index in [0.29, 0.717) is 0 Å². The topological polar surface area (TPSA) is 26.8 Å². The Kier molecular flexibility index (Phi) is 14.8. The predicted molar refractivity (Wildman–Crippen MR) is 215 cm³/mol. The molecule has 0 bridgehead atoms. The summed E-state index contributed by atoms with van der Waals surface area (Å²) >= 11 is 8.29. The fourth-order valence-corrected chi connectivity index (χ4v) is 10.2. The number of carbonyl (C=O) groups excluding carboxylic acids is 1. The summed E-state index contributed by atoms with van der Waals surface area (Å²) in [6.07, 6.45) is 6.47. The van der Waals surface area contributed by atoms with Crippen LogP contribution in [-0.2, 0) is 17.8 Å². The molecule has 3 aliphatic rings. The monoisotopic (exact) mass is 707 g/mol. The molecule has 1 heterocycles. The fourth-order valence-electron chi connectivity index (χ4n) is 6.58. The zero-order valence-corrected chi connectivity index (χ0v) is 32.2. The molecule has 2 aliphatic carbocycles. The number of likely N-dealkylation sites (N-methyl/N-ethyl adjacent to an activating group) is 1. The van der Waals surface area contributed by atoms with Gasteiger partial charge in [-0.05, 0) is 101 Å². The molecule has 0 unspecified atom stereocenters. The lowest BCUT2D eigenvalue weighted by molar-refractivity contribution is -0.110. The minimum absolute atomic E-state index is 0.0958. The molecule has 1 aliphatic heterocycles. The van der Waals surface area contributed by atoms with Crippen LogP contribution in [0.4, 0.5) is 5.69 Å². The third kappa shape index (κ3) is 10.5. The third-order valence-corrected chi connectivity index (χ3v) is 13.4. The van der Waals surface area contributed by atoms with Crippen molar-refractivity contribution in [3.8, 4) is 0 Å². The second-order valence-corrected chi connectivity index (χ2v) is 17.8. The number of benzene rings is 2. The normalized spacial score (nSPS) is 16.6. The van der Waals surface area contributed by atoms with Crippen molar-refractivity contribution in [2.75, 3.05) is 97.2 Å². The van der Waals surface area contributed by atoms with Crippen LogP contribution in [0.25, 0.3) is 5.57 Å². The van der Waals surface area contributed by atoms with E-state index in [4.69, 9.17) is 0 Å². The largest absolute Gasteiger partial charge is 0.369 e. The summed E-state index contributed by atoms with van der Waals surface area (Å²) in [5.74, 6) is 9.91. The van der Waals surface area contributed by atoms with E-state index in [1.807, 2.05) is 29.6 Å². The molecule has 47 heavy (non-hydrogen) atoms. The van der Waals surface area contributed by atoms with Crippen molar-refractivity contribution >= 4 is 64.1 Å². The molecule has 1 fully saturated rings. The first-order valence-corrected chi connectivity index (χ1v) is 22.0. The van der Waals surface area contributed by atoms with Gasteiger partial charge in [0, 0.05) is 86.0 Å². The van der Waals surface area contributed by atoms with Crippen molar-refractivity contribution in [2.45, 2.75) is 33.7 Å². The summed E-state index contributed by atoms with van der Waals surface area (Å²) in [7, 11) is 2.20. The number of thioether (sulfide) groups is 4. The Morgan fingerprint density at radius 3 is 2.09 bits per heavy atom. The molecular weight excluding hydrogens is 655 g/mol. The van der Waals surface area contributed by atoms with E-state index >= 15 is 0 Å². The maximum Gasteiger partial charge on any atom is 0.178 e. The van der Waals surface area contributed by atoms with E-state index in [1.54, 1.807) is 6.08 Å². The number of hydrogen-bond donors (Lipinski definition) is 0. The van der Waals surface area contributed by atoms with Gasteiger partial charge < -0.3 is 9.80 Å². The van der Waals surface area contributed by atoms with Gasteiger partial charge in [0.05, 0.1) is 0 Å². The minimum Gasteiger partial charge on any atom is -0.369 e. The average molecular weight is 708 g/mol. The lowest BCUT2D eigenvalue weighted by atomic mass is 9.76. The quantitative estimate of drug-likeness (QED) is 0.144. The highest BCUT2D eigenvalue weighted by molar-refractivity contribution is 8.03. The van der Waals surface area contributed by atoms with E-state index in [-0.39, 0.29) is 5.78 Å². The van der Waals surface area contributed by atoms with E-state index in [1.165, 1.54) is 90.7 Å². The predicted octanol–water partition coefficient (Wildman–Crippen LogP) is 7.94. The second-order valence-electron chi connectivity index (χ2n) is 12.5. The van der Waals surface area contributed by atoms with Gasteiger partial charge in [0.25, 0.3) is 0 Å². The summed E-state index contributed by atoms with van der Waals surface area (Å²) in [4.78, 5) is 20.1. The fraction of sp³-hybridized carbons (Fsp3) is 0.513. The molecule has 4 nitrogen and oxygen atoms in total. The number of rotatable bonds is 18.